The van der Waals surface area contributed by atoms with Crippen LogP contribution >= 0.6 is 23.4 Å². The molecule has 0 aliphatic carbocycles. The summed E-state index contributed by atoms with van der Waals surface area (Å²) in [4.78, 5) is 26.7. The van der Waals surface area contributed by atoms with E-state index in [1.165, 1.54) is 24.4 Å². The number of ether oxygens (including phenoxy) is 1. The number of rotatable bonds is 4. The monoisotopic (exact) mass is 286 g/mol. The highest BCUT2D eigenvalue weighted by atomic mass is 35.5. The van der Waals surface area contributed by atoms with Crippen molar-refractivity contribution in [1.29, 1.82) is 0 Å². The van der Waals surface area contributed by atoms with E-state index < -0.39 is 0 Å². The number of hydrogen-bond donors (Lipinski definition) is 0. The van der Waals surface area contributed by atoms with Crippen molar-refractivity contribution in [2.24, 2.45) is 0 Å². The van der Waals surface area contributed by atoms with E-state index in [1.807, 2.05) is 0 Å². The molecule has 2 aromatic heterocycles. The van der Waals surface area contributed by atoms with Crippen LogP contribution in [0.2, 0.25) is 5.28 Å². The lowest BCUT2D eigenvalue weighted by Crippen LogP contribution is -2.07. The third-order valence-electron chi connectivity index (χ3n) is 1.75. The van der Waals surface area contributed by atoms with Crippen molar-refractivity contribution in [3.8, 4) is 5.95 Å². The van der Waals surface area contributed by atoms with Gasteiger partial charge in [-0.2, -0.15) is 24.7 Å². The summed E-state index contributed by atoms with van der Waals surface area (Å²) in [5, 5.41) is 4.20. The van der Waals surface area contributed by atoms with E-state index in [1.54, 1.807) is 0 Å². The van der Waals surface area contributed by atoms with Gasteiger partial charge in [0.05, 0.1) is 12.9 Å². The number of esters is 1. The van der Waals surface area contributed by atoms with Gasteiger partial charge < -0.3 is 4.74 Å². The summed E-state index contributed by atoms with van der Waals surface area (Å²) in [6.07, 6.45) is 2.78. The highest BCUT2D eigenvalue weighted by Gasteiger charge is 2.10. The topological polar surface area (TPSA) is 95.7 Å². The lowest BCUT2D eigenvalue weighted by molar-refractivity contribution is -0.137. The van der Waals surface area contributed by atoms with Crippen molar-refractivity contribution in [1.82, 2.24) is 29.7 Å². The van der Waals surface area contributed by atoms with Gasteiger partial charge in [-0.05, 0) is 11.6 Å². The number of thioether (sulfide) groups is 1. The molecule has 94 valence electrons. The molecule has 0 bridgehead atoms. The maximum Gasteiger partial charge on any atom is 0.316 e. The number of halogens is 1. The third-order valence-corrected chi connectivity index (χ3v) is 2.74. The molecular weight excluding hydrogens is 280 g/mol. The average Bonchev–Trinajstić information content (AvgIpc) is 2.89. The van der Waals surface area contributed by atoms with Gasteiger partial charge in [0.25, 0.3) is 5.95 Å². The van der Waals surface area contributed by atoms with Gasteiger partial charge >= 0.3 is 5.97 Å². The fourth-order valence-corrected chi connectivity index (χ4v) is 1.85. The fraction of sp³-hybridized carbons (Fsp3) is 0.250. The molecule has 0 radical (unpaired) electrons. The summed E-state index contributed by atoms with van der Waals surface area (Å²) in [7, 11) is 1.31. The standard InChI is InChI=1S/C8H7ClN6O2S/c1-17-5(16)2-18-8-13-6(9)12-7(14-8)15-4-10-3-11-15/h3-4H,2H2,1H3. The zero-order valence-corrected chi connectivity index (χ0v) is 10.7. The van der Waals surface area contributed by atoms with Crippen molar-refractivity contribution >= 4 is 29.3 Å². The van der Waals surface area contributed by atoms with E-state index in [9.17, 15) is 4.79 Å². The minimum Gasteiger partial charge on any atom is -0.468 e. The Balaban J connectivity index is 2.19. The van der Waals surface area contributed by atoms with Crippen molar-refractivity contribution in [3.05, 3.63) is 17.9 Å². The summed E-state index contributed by atoms with van der Waals surface area (Å²) in [6.45, 7) is 0. The Labute approximate surface area is 111 Å². The largest absolute Gasteiger partial charge is 0.468 e. The molecule has 8 nitrogen and oxygen atoms in total. The van der Waals surface area contributed by atoms with E-state index in [-0.39, 0.29) is 23.0 Å². The summed E-state index contributed by atoms with van der Waals surface area (Å²) in [5.41, 5.74) is 0. The highest BCUT2D eigenvalue weighted by Crippen LogP contribution is 2.15. The number of aromatic nitrogens is 6. The van der Waals surface area contributed by atoms with E-state index in [4.69, 9.17) is 11.6 Å². The van der Waals surface area contributed by atoms with Crippen LogP contribution in [0.3, 0.4) is 0 Å². The van der Waals surface area contributed by atoms with E-state index in [0.717, 1.165) is 11.8 Å². The quantitative estimate of drug-likeness (QED) is 0.587. The van der Waals surface area contributed by atoms with Crippen molar-refractivity contribution in [3.63, 3.8) is 0 Å². The summed E-state index contributed by atoms with van der Waals surface area (Å²) in [5.74, 6) is -0.0492. The zero-order chi connectivity index (χ0) is 13.0. The molecule has 2 rings (SSSR count). The smallest absolute Gasteiger partial charge is 0.316 e. The van der Waals surface area contributed by atoms with Gasteiger partial charge in [-0.15, -0.1) is 0 Å². The number of methoxy groups -OCH3 is 1. The Morgan fingerprint density at radius 2 is 2.33 bits per heavy atom. The van der Waals surface area contributed by atoms with Crippen LogP contribution in [0.1, 0.15) is 0 Å². The van der Waals surface area contributed by atoms with Crippen molar-refractivity contribution < 1.29 is 9.53 Å². The highest BCUT2D eigenvalue weighted by molar-refractivity contribution is 7.99. The minimum atomic E-state index is -0.376. The molecule has 10 heteroatoms. The fourth-order valence-electron chi connectivity index (χ4n) is 0.983. The van der Waals surface area contributed by atoms with Gasteiger partial charge in [-0.3, -0.25) is 4.79 Å². The molecule has 0 spiro atoms. The van der Waals surface area contributed by atoms with Crippen LogP contribution in [0.25, 0.3) is 5.95 Å². The average molecular weight is 287 g/mol. The van der Waals surface area contributed by atoms with Crippen LogP contribution < -0.4 is 0 Å². The van der Waals surface area contributed by atoms with Crippen molar-refractivity contribution in [2.75, 3.05) is 12.9 Å². The number of carbonyl (C=O) groups is 1. The number of nitrogens with zero attached hydrogens (tertiary/aromatic N) is 6. The van der Waals surface area contributed by atoms with Crippen LogP contribution in [0.5, 0.6) is 0 Å². The van der Waals surface area contributed by atoms with Gasteiger partial charge in [-0.1, -0.05) is 11.8 Å². The third kappa shape index (κ3) is 3.14. The first-order valence-corrected chi connectivity index (χ1v) is 6.01. The molecule has 0 fully saturated rings. The van der Waals surface area contributed by atoms with Gasteiger partial charge in [0.15, 0.2) is 5.16 Å². The first kappa shape index (κ1) is 12.7. The summed E-state index contributed by atoms with van der Waals surface area (Å²) < 4.78 is 5.86. The lowest BCUT2D eigenvalue weighted by atomic mass is 10.8. The SMILES string of the molecule is COC(=O)CSc1nc(Cl)nc(-n2cncn2)n1. The molecule has 0 saturated carbocycles. The molecule has 18 heavy (non-hydrogen) atoms. The van der Waals surface area contributed by atoms with Crippen LogP contribution in [0, 0.1) is 0 Å². The Morgan fingerprint density at radius 3 is 3.00 bits per heavy atom. The summed E-state index contributed by atoms with van der Waals surface area (Å²) in [6, 6.07) is 0. The number of carbonyl (C=O) groups excluding carboxylic acids is 1. The molecule has 0 N–H and O–H groups in total. The normalized spacial score (nSPS) is 10.3. The Kier molecular flexibility index (Phi) is 4.05. The Hall–Kier alpha value is -1.74. The number of hydrogen-bond acceptors (Lipinski definition) is 8. The van der Waals surface area contributed by atoms with Gasteiger partial charge in [-0.25, -0.2) is 4.98 Å². The second-order valence-corrected chi connectivity index (χ2v) is 4.17. The van der Waals surface area contributed by atoms with E-state index in [0.29, 0.717) is 5.16 Å². The van der Waals surface area contributed by atoms with Gasteiger partial charge in [0.2, 0.25) is 5.28 Å². The molecule has 0 unspecified atom stereocenters. The molecule has 0 atom stereocenters. The van der Waals surface area contributed by atoms with Gasteiger partial charge in [0.1, 0.15) is 12.7 Å². The van der Waals surface area contributed by atoms with Crippen LogP contribution in [-0.2, 0) is 9.53 Å². The zero-order valence-electron chi connectivity index (χ0n) is 9.15. The molecule has 2 aromatic rings. The van der Waals surface area contributed by atoms with Crippen LogP contribution in [0.15, 0.2) is 17.8 Å². The molecule has 0 amide bonds. The van der Waals surface area contributed by atoms with Gasteiger partial charge in [0, 0.05) is 0 Å². The Bertz CT molecular complexity index is 549. The molecule has 0 aliphatic rings. The van der Waals surface area contributed by atoms with Crippen LogP contribution in [0.4, 0.5) is 0 Å². The molecule has 0 saturated heterocycles. The van der Waals surface area contributed by atoms with Crippen molar-refractivity contribution in [2.45, 2.75) is 5.16 Å². The minimum absolute atomic E-state index is 0.0165. The molecular formula is C8H7ClN6O2S. The molecule has 0 aromatic carbocycles. The summed E-state index contributed by atoms with van der Waals surface area (Å²) >= 11 is 6.86. The lowest BCUT2D eigenvalue weighted by Gasteiger charge is -2.02. The first-order valence-electron chi connectivity index (χ1n) is 4.65. The second-order valence-electron chi connectivity index (χ2n) is 2.89. The maximum atomic E-state index is 11.0. The molecule has 2 heterocycles. The maximum absolute atomic E-state index is 11.0. The Morgan fingerprint density at radius 1 is 1.50 bits per heavy atom. The van der Waals surface area contributed by atoms with E-state index in [2.05, 4.69) is 29.8 Å². The predicted octanol–water partition coefficient (Wildman–Crippen LogP) is 0.371. The second kappa shape index (κ2) is 5.74. The predicted molar refractivity (Wildman–Crippen MR) is 62.5 cm³/mol. The first-order chi connectivity index (χ1) is 8.69. The van der Waals surface area contributed by atoms with Crippen LogP contribution in [-0.4, -0.2) is 48.5 Å². The molecule has 0 aliphatic heterocycles. The van der Waals surface area contributed by atoms with E-state index >= 15 is 0 Å².